The van der Waals surface area contributed by atoms with Gasteiger partial charge in [0.15, 0.2) is 0 Å². The third kappa shape index (κ3) is 4.94. The van der Waals surface area contributed by atoms with Gasteiger partial charge in [0.05, 0.1) is 13.0 Å². The van der Waals surface area contributed by atoms with Gasteiger partial charge in [-0.15, -0.1) is 0 Å². The van der Waals surface area contributed by atoms with Crippen molar-refractivity contribution in [1.29, 1.82) is 0 Å². The standard InChI is InChI=1S/C18H24N4O2/c1-3-4-9-24-14-7-5-13(6-8-14)10-17-21-12(2)15(11-16(19)23)18(20)22-17/h5-8H,3-4,9-11H2,1-2H3,(H2,19,23)(H2,20,21,22). The van der Waals surface area contributed by atoms with Gasteiger partial charge < -0.3 is 16.2 Å². The number of aryl methyl sites for hydroxylation is 1. The van der Waals surface area contributed by atoms with Crippen LogP contribution in [-0.2, 0) is 17.6 Å². The van der Waals surface area contributed by atoms with E-state index in [1.807, 2.05) is 31.2 Å². The second kappa shape index (κ2) is 8.29. The molecule has 0 saturated carbocycles. The van der Waals surface area contributed by atoms with Crippen LogP contribution in [0.1, 0.15) is 42.4 Å². The topological polar surface area (TPSA) is 104 Å². The maximum atomic E-state index is 11.1. The smallest absolute Gasteiger partial charge is 0.222 e. The van der Waals surface area contributed by atoms with Crippen LogP contribution < -0.4 is 16.2 Å². The van der Waals surface area contributed by atoms with Crippen LogP contribution in [0.3, 0.4) is 0 Å². The zero-order valence-electron chi connectivity index (χ0n) is 14.2. The zero-order valence-corrected chi connectivity index (χ0v) is 14.2. The highest BCUT2D eigenvalue weighted by atomic mass is 16.5. The van der Waals surface area contributed by atoms with Gasteiger partial charge in [-0.1, -0.05) is 25.5 Å². The molecule has 4 N–H and O–H groups in total. The predicted molar refractivity (Wildman–Crippen MR) is 93.7 cm³/mol. The van der Waals surface area contributed by atoms with Crippen LogP contribution in [0.4, 0.5) is 5.82 Å². The zero-order chi connectivity index (χ0) is 17.5. The molecule has 0 aliphatic carbocycles. The molecular weight excluding hydrogens is 304 g/mol. The van der Waals surface area contributed by atoms with Crippen molar-refractivity contribution in [3.63, 3.8) is 0 Å². The van der Waals surface area contributed by atoms with Crippen molar-refractivity contribution < 1.29 is 9.53 Å². The number of aromatic nitrogens is 2. The van der Waals surface area contributed by atoms with Crippen molar-refractivity contribution >= 4 is 11.7 Å². The lowest BCUT2D eigenvalue weighted by atomic mass is 10.1. The number of unbranched alkanes of at least 4 members (excludes halogenated alkanes) is 1. The Labute approximate surface area is 142 Å². The van der Waals surface area contributed by atoms with Crippen molar-refractivity contribution in [2.45, 2.75) is 39.5 Å². The van der Waals surface area contributed by atoms with Crippen molar-refractivity contribution in [1.82, 2.24) is 9.97 Å². The van der Waals surface area contributed by atoms with Crippen LogP contribution in [0, 0.1) is 6.92 Å². The van der Waals surface area contributed by atoms with E-state index in [0.29, 0.717) is 29.3 Å². The summed E-state index contributed by atoms with van der Waals surface area (Å²) in [7, 11) is 0. The van der Waals surface area contributed by atoms with Gasteiger partial charge >= 0.3 is 0 Å². The summed E-state index contributed by atoms with van der Waals surface area (Å²) >= 11 is 0. The Balaban J connectivity index is 2.06. The average molecular weight is 328 g/mol. The highest BCUT2D eigenvalue weighted by molar-refractivity contribution is 5.78. The number of carbonyl (C=O) groups is 1. The average Bonchev–Trinajstić information content (AvgIpc) is 2.53. The number of nitrogen functional groups attached to an aromatic ring is 1. The summed E-state index contributed by atoms with van der Waals surface area (Å²) in [6.07, 6.45) is 2.78. The number of ether oxygens (including phenoxy) is 1. The first-order valence-corrected chi connectivity index (χ1v) is 8.11. The monoisotopic (exact) mass is 328 g/mol. The van der Waals surface area contributed by atoms with Crippen molar-refractivity contribution in [2.75, 3.05) is 12.3 Å². The molecule has 0 spiro atoms. The van der Waals surface area contributed by atoms with Gasteiger partial charge in [-0.05, 0) is 31.0 Å². The highest BCUT2D eigenvalue weighted by Gasteiger charge is 2.12. The summed E-state index contributed by atoms with van der Waals surface area (Å²) in [5.41, 5.74) is 13.5. The number of rotatable bonds is 8. The molecular formula is C18H24N4O2. The summed E-state index contributed by atoms with van der Waals surface area (Å²) in [6, 6.07) is 7.88. The first kappa shape index (κ1) is 17.7. The fraction of sp³-hybridized carbons (Fsp3) is 0.389. The van der Waals surface area contributed by atoms with E-state index in [9.17, 15) is 4.79 Å². The van der Waals surface area contributed by atoms with Gasteiger partial charge in [-0.25, -0.2) is 9.97 Å². The number of hydrogen-bond donors (Lipinski definition) is 2. The summed E-state index contributed by atoms with van der Waals surface area (Å²) in [4.78, 5) is 19.8. The minimum Gasteiger partial charge on any atom is -0.494 e. The van der Waals surface area contributed by atoms with Crippen LogP contribution in [0.5, 0.6) is 5.75 Å². The van der Waals surface area contributed by atoms with Crippen molar-refractivity contribution in [3.05, 3.63) is 46.9 Å². The molecule has 2 aromatic rings. The van der Waals surface area contributed by atoms with Gasteiger partial charge in [-0.2, -0.15) is 0 Å². The Bertz CT molecular complexity index is 676. The lowest BCUT2D eigenvalue weighted by Gasteiger charge is -2.10. The van der Waals surface area contributed by atoms with E-state index >= 15 is 0 Å². The normalized spacial score (nSPS) is 10.6. The van der Waals surface area contributed by atoms with Crippen LogP contribution >= 0.6 is 0 Å². The van der Waals surface area contributed by atoms with Crippen molar-refractivity contribution in [3.8, 4) is 5.75 Å². The number of primary amides is 1. The van der Waals surface area contributed by atoms with Gasteiger partial charge in [-0.3, -0.25) is 4.79 Å². The summed E-state index contributed by atoms with van der Waals surface area (Å²) in [5, 5.41) is 0. The fourth-order valence-corrected chi connectivity index (χ4v) is 2.37. The molecule has 6 nitrogen and oxygen atoms in total. The van der Waals surface area contributed by atoms with Crippen LogP contribution in [-0.4, -0.2) is 22.5 Å². The Morgan fingerprint density at radius 3 is 2.50 bits per heavy atom. The quantitative estimate of drug-likeness (QED) is 0.723. The predicted octanol–water partition coefficient (Wildman–Crippen LogP) is 2.16. The first-order valence-electron chi connectivity index (χ1n) is 8.11. The number of amides is 1. The second-order valence-corrected chi connectivity index (χ2v) is 5.75. The minimum absolute atomic E-state index is 0.0573. The molecule has 0 radical (unpaired) electrons. The van der Waals surface area contributed by atoms with E-state index in [-0.39, 0.29) is 6.42 Å². The van der Waals surface area contributed by atoms with E-state index in [1.54, 1.807) is 0 Å². The molecule has 6 heteroatoms. The lowest BCUT2D eigenvalue weighted by molar-refractivity contribution is -0.117. The lowest BCUT2D eigenvalue weighted by Crippen LogP contribution is -2.17. The SMILES string of the molecule is CCCCOc1ccc(Cc2nc(C)c(CC(N)=O)c(N)n2)cc1. The molecule has 0 bridgehead atoms. The van der Waals surface area contributed by atoms with Crippen molar-refractivity contribution in [2.24, 2.45) is 5.73 Å². The third-order valence-electron chi connectivity index (χ3n) is 3.70. The summed E-state index contributed by atoms with van der Waals surface area (Å²) < 4.78 is 5.65. The van der Waals surface area contributed by atoms with Crippen LogP contribution in [0.25, 0.3) is 0 Å². The van der Waals surface area contributed by atoms with Crippen LogP contribution in [0.15, 0.2) is 24.3 Å². The van der Waals surface area contributed by atoms with Gasteiger partial charge in [0.2, 0.25) is 5.91 Å². The number of anilines is 1. The molecule has 1 heterocycles. The molecule has 0 aliphatic rings. The molecule has 0 fully saturated rings. The number of carbonyl (C=O) groups excluding carboxylic acids is 1. The summed E-state index contributed by atoms with van der Waals surface area (Å²) in [5.74, 6) is 1.36. The molecule has 0 atom stereocenters. The number of hydrogen-bond acceptors (Lipinski definition) is 5. The fourth-order valence-electron chi connectivity index (χ4n) is 2.37. The molecule has 1 amide bonds. The largest absolute Gasteiger partial charge is 0.494 e. The van der Waals surface area contributed by atoms with Gasteiger partial charge in [0.1, 0.15) is 17.4 Å². The summed E-state index contributed by atoms with van der Waals surface area (Å²) in [6.45, 7) is 4.68. The first-order chi connectivity index (χ1) is 11.5. The number of nitrogens with zero attached hydrogens (tertiary/aromatic N) is 2. The van der Waals surface area contributed by atoms with Gasteiger partial charge in [0, 0.05) is 17.7 Å². The Hall–Kier alpha value is -2.63. The van der Waals surface area contributed by atoms with Gasteiger partial charge in [0.25, 0.3) is 0 Å². The molecule has 0 aliphatic heterocycles. The Kier molecular flexibility index (Phi) is 6.12. The van der Waals surface area contributed by atoms with E-state index in [2.05, 4.69) is 16.9 Å². The molecule has 128 valence electrons. The molecule has 24 heavy (non-hydrogen) atoms. The Morgan fingerprint density at radius 1 is 1.21 bits per heavy atom. The minimum atomic E-state index is -0.445. The van der Waals surface area contributed by atoms with E-state index in [1.165, 1.54) is 0 Å². The van der Waals surface area contributed by atoms with E-state index in [0.717, 1.165) is 30.8 Å². The molecule has 1 aromatic heterocycles. The Morgan fingerprint density at radius 2 is 1.92 bits per heavy atom. The maximum absolute atomic E-state index is 11.1. The molecule has 0 saturated heterocycles. The maximum Gasteiger partial charge on any atom is 0.222 e. The number of nitrogens with two attached hydrogens (primary N) is 2. The second-order valence-electron chi connectivity index (χ2n) is 5.75. The molecule has 1 aromatic carbocycles. The molecule has 0 unspecified atom stereocenters. The molecule has 2 rings (SSSR count). The van der Waals surface area contributed by atoms with E-state index in [4.69, 9.17) is 16.2 Å². The third-order valence-corrected chi connectivity index (χ3v) is 3.70. The number of benzene rings is 1. The van der Waals surface area contributed by atoms with Crippen LogP contribution in [0.2, 0.25) is 0 Å². The highest BCUT2D eigenvalue weighted by Crippen LogP contribution is 2.18. The van der Waals surface area contributed by atoms with E-state index < -0.39 is 5.91 Å².